The van der Waals surface area contributed by atoms with Crippen LogP contribution in [0.4, 0.5) is 0 Å². The van der Waals surface area contributed by atoms with Gasteiger partial charge in [-0.1, -0.05) is 18.2 Å². The number of rotatable bonds is 5. The van der Waals surface area contributed by atoms with Gasteiger partial charge in [-0.3, -0.25) is 4.79 Å². The SMILES string of the molecule is Cc1nc(/C=C/C(=O)NCc2c(C)nn(-c3ccccc3)c2C)cs1. The first-order valence-corrected chi connectivity index (χ1v) is 8.91. The molecule has 0 saturated carbocycles. The summed E-state index contributed by atoms with van der Waals surface area (Å²) >= 11 is 1.57. The Balaban J connectivity index is 1.68. The molecule has 0 fully saturated rings. The Morgan fingerprint density at radius 1 is 1.24 bits per heavy atom. The first kappa shape index (κ1) is 17.1. The quantitative estimate of drug-likeness (QED) is 0.714. The van der Waals surface area contributed by atoms with Crippen LogP contribution in [0.15, 0.2) is 41.8 Å². The molecule has 0 aliphatic carbocycles. The number of thiazole rings is 1. The highest BCUT2D eigenvalue weighted by Crippen LogP contribution is 2.17. The summed E-state index contributed by atoms with van der Waals surface area (Å²) < 4.78 is 1.91. The molecule has 3 aromatic rings. The number of hydrogen-bond donors (Lipinski definition) is 1. The largest absolute Gasteiger partial charge is 0.348 e. The molecular weight excluding hydrogens is 332 g/mol. The molecule has 0 spiro atoms. The van der Waals surface area contributed by atoms with Crippen molar-refractivity contribution < 1.29 is 4.79 Å². The standard InChI is InChI=1S/C19H20N4OS/c1-13-18(14(2)23(22-13)17-7-5-4-6-8-17)11-20-19(24)10-9-16-12-25-15(3)21-16/h4-10,12H,11H2,1-3H3,(H,20,24)/b10-9+. The normalized spacial score (nSPS) is 11.2. The molecule has 0 bridgehead atoms. The van der Waals surface area contributed by atoms with Crippen LogP contribution in [0.25, 0.3) is 11.8 Å². The van der Waals surface area contributed by atoms with Gasteiger partial charge in [-0.25, -0.2) is 9.67 Å². The van der Waals surface area contributed by atoms with Gasteiger partial charge in [-0.05, 0) is 39.0 Å². The van der Waals surface area contributed by atoms with Crippen molar-refractivity contribution in [2.24, 2.45) is 0 Å². The van der Waals surface area contributed by atoms with Gasteiger partial charge in [-0.2, -0.15) is 5.10 Å². The Hall–Kier alpha value is -2.73. The fourth-order valence-electron chi connectivity index (χ4n) is 2.60. The van der Waals surface area contributed by atoms with Gasteiger partial charge >= 0.3 is 0 Å². The van der Waals surface area contributed by atoms with Gasteiger partial charge in [0.2, 0.25) is 5.91 Å². The molecule has 0 radical (unpaired) electrons. The van der Waals surface area contributed by atoms with Crippen molar-refractivity contribution in [3.05, 3.63) is 69.4 Å². The van der Waals surface area contributed by atoms with Crippen LogP contribution in [-0.4, -0.2) is 20.7 Å². The molecule has 3 rings (SSSR count). The van der Waals surface area contributed by atoms with Crippen LogP contribution < -0.4 is 5.32 Å². The minimum atomic E-state index is -0.142. The van der Waals surface area contributed by atoms with Gasteiger partial charge in [0.1, 0.15) is 0 Å². The first-order valence-electron chi connectivity index (χ1n) is 8.03. The fraction of sp³-hybridized carbons (Fsp3) is 0.211. The van der Waals surface area contributed by atoms with Crippen LogP contribution in [0.5, 0.6) is 0 Å². The van der Waals surface area contributed by atoms with Gasteiger partial charge < -0.3 is 5.32 Å². The molecule has 0 atom stereocenters. The maximum Gasteiger partial charge on any atom is 0.244 e. The summed E-state index contributed by atoms with van der Waals surface area (Å²) in [7, 11) is 0. The minimum absolute atomic E-state index is 0.142. The highest BCUT2D eigenvalue weighted by atomic mass is 32.1. The summed E-state index contributed by atoms with van der Waals surface area (Å²) in [6.45, 7) is 6.37. The van der Waals surface area contributed by atoms with Crippen LogP contribution >= 0.6 is 11.3 Å². The second-order valence-corrected chi connectivity index (χ2v) is 6.80. The molecule has 2 aromatic heterocycles. The van der Waals surface area contributed by atoms with Crippen LogP contribution in [-0.2, 0) is 11.3 Å². The van der Waals surface area contributed by atoms with Crippen molar-refractivity contribution >= 4 is 23.3 Å². The van der Waals surface area contributed by atoms with Crippen LogP contribution in [0.2, 0.25) is 0 Å². The lowest BCUT2D eigenvalue weighted by Crippen LogP contribution is -2.21. The highest BCUT2D eigenvalue weighted by Gasteiger charge is 2.13. The Bertz CT molecular complexity index is 909. The first-order chi connectivity index (χ1) is 12.0. The third kappa shape index (κ3) is 4.03. The maximum absolute atomic E-state index is 12.0. The molecule has 6 heteroatoms. The van der Waals surface area contributed by atoms with Crippen LogP contribution in [0, 0.1) is 20.8 Å². The van der Waals surface area contributed by atoms with E-state index in [0.29, 0.717) is 6.54 Å². The zero-order valence-electron chi connectivity index (χ0n) is 14.5. The number of aryl methyl sites for hydroxylation is 2. The number of nitrogens with zero attached hydrogens (tertiary/aromatic N) is 3. The smallest absolute Gasteiger partial charge is 0.244 e. The number of amides is 1. The fourth-order valence-corrected chi connectivity index (χ4v) is 3.18. The number of aromatic nitrogens is 3. The van der Waals surface area contributed by atoms with E-state index >= 15 is 0 Å². The lowest BCUT2D eigenvalue weighted by molar-refractivity contribution is -0.116. The summed E-state index contributed by atoms with van der Waals surface area (Å²) in [4.78, 5) is 16.4. The highest BCUT2D eigenvalue weighted by molar-refractivity contribution is 7.09. The molecule has 0 aliphatic heterocycles. The maximum atomic E-state index is 12.0. The van der Waals surface area contributed by atoms with E-state index in [9.17, 15) is 4.79 Å². The van der Waals surface area contributed by atoms with E-state index < -0.39 is 0 Å². The predicted molar refractivity (Wildman–Crippen MR) is 101 cm³/mol. The lowest BCUT2D eigenvalue weighted by atomic mass is 10.2. The van der Waals surface area contributed by atoms with E-state index in [1.54, 1.807) is 17.4 Å². The number of benzene rings is 1. The van der Waals surface area contributed by atoms with Gasteiger partial charge in [0.25, 0.3) is 0 Å². The van der Waals surface area contributed by atoms with Crippen molar-refractivity contribution in [2.75, 3.05) is 0 Å². The van der Waals surface area contributed by atoms with E-state index in [-0.39, 0.29) is 5.91 Å². The van der Waals surface area contributed by atoms with Gasteiger partial charge in [0, 0.05) is 29.3 Å². The van der Waals surface area contributed by atoms with Gasteiger partial charge in [0.05, 0.1) is 22.1 Å². The molecule has 2 heterocycles. The van der Waals surface area contributed by atoms with Crippen molar-refractivity contribution in [1.82, 2.24) is 20.1 Å². The molecule has 128 valence electrons. The predicted octanol–water partition coefficient (Wildman–Crippen LogP) is 3.58. The summed E-state index contributed by atoms with van der Waals surface area (Å²) in [5.74, 6) is -0.142. The van der Waals surface area contributed by atoms with Crippen molar-refractivity contribution in [3.8, 4) is 5.69 Å². The lowest BCUT2D eigenvalue weighted by Gasteiger charge is -2.06. The number of carbonyl (C=O) groups excluding carboxylic acids is 1. The summed E-state index contributed by atoms with van der Waals surface area (Å²) in [5.41, 5.74) is 4.81. The Kier molecular flexibility index (Phi) is 5.09. The minimum Gasteiger partial charge on any atom is -0.348 e. The Morgan fingerprint density at radius 3 is 2.68 bits per heavy atom. The van der Waals surface area contributed by atoms with Crippen LogP contribution in [0.3, 0.4) is 0 Å². The Labute approximate surface area is 151 Å². The van der Waals surface area contributed by atoms with E-state index in [4.69, 9.17) is 0 Å². The van der Waals surface area contributed by atoms with E-state index in [2.05, 4.69) is 15.4 Å². The zero-order chi connectivity index (χ0) is 17.8. The number of hydrogen-bond acceptors (Lipinski definition) is 4. The second kappa shape index (κ2) is 7.44. The number of carbonyl (C=O) groups is 1. The third-order valence-electron chi connectivity index (χ3n) is 3.92. The van der Waals surface area contributed by atoms with Crippen molar-refractivity contribution in [3.63, 3.8) is 0 Å². The molecule has 25 heavy (non-hydrogen) atoms. The average molecular weight is 352 g/mol. The molecule has 1 N–H and O–H groups in total. The molecule has 1 amide bonds. The van der Waals surface area contributed by atoms with E-state index in [1.165, 1.54) is 6.08 Å². The van der Waals surface area contributed by atoms with Gasteiger partial charge in [-0.15, -0.1) is 11.3 Å². The summed E-state index contributed by atoms with van der Waals surface area (Å²) in [6.07, 6.45) is 3.24. The zero-order valence-corrected chi connectivity index (χ0v) is 15.3. The van der Waals surface area contributed by atoms with Crippen molar-refractivity contribution in [1.29, 1.82) is 0 Å². The molecule has 0 saturated heterocycles. The molecule has 0 unspecified atom stereocenters. The van der Waals surface area contributed by atoms with Crippen LogP contribution in [0.1, 0.15) is 27.7 Å². The average Bonchev–Trinajstić information content (AvgIpc) is 3.15. The molecule has 5 nitrogen and oxygen atoms in total. The summed E-state index contributed by atoms with van der Waals surface area (Å²) in [6, 6.07) is 9.98. The molecule has 1 aromatic carbocycles. The molecular formula is C19H20N4OS. The monoisotopic (exact) mass is 352 g/mol. The topological polar surface area (TPSA) is 59.8 Å². The Morgan fingerprint density at radius 2 is 2.00 bits per heavy atom. The number of para-hydroxylation sites is 1. The molecule has 0 aliphatic rings. The van der Waals surface area contributed by atoms with Crippen molar-refractivity contribution in [2.45, 2.75) is 27.3 Å². The third-order valence-corrected chi connectivity index (χ3v) is 4.72. The summed E-state index contributed by atoms with van der Waals surface area (Å²) in [5, 5.41) is 10.4. The van der Waals surface area contributed by atoms with E-state index in [0.717, 1.165) is 33.3 Å². The van der Waals surface area contributed by atoms with E-state index in [1.807, 2.05) is 61.2 Å². The van der Waals surface area contributed by atoms with Gasteiger partial charge in [0.15, 0.2) is 0 Å². The second-order valence-electron chi connectivity index (χ2n) is 5.74. The number of nitrogens with one attached hydrogen (secondary N) is 1.